The van der Waals surface area contributed by atoms with E-state index < -0.39 is 0 Å². The Morgan fingerprint density at radius 3 is 2.82 bits per heavy atom. The molecule has 2 heteroatoms. The zero-order chi connectivity index (χ0) is 8.27. The van der Waals surface area contributed by atoms with E-state index in [4.69, 9.17) is 18.0 Å². The molecule has 0 aliphatic carbocycles. The lowest BCUT2D eigenvalue weighted by Crippen LogP contribution is -2.10. The van der Waals surface area contributed by atoms with E-state index in [0.717, 1.165) is 0 Å². The number of benzene rings is 1. The molecular weight excluding hydrogens is 154 g/mol. The van der Waals surface area contributed by atoms with E-state index in [1.165, 1.54) is 11.1 Å². The van der Waals surface area contributed by atoms with Crippen molar-refractivity contribution in [3.8, 4) is 0 Å². The number of thiocarbonyl (C=S) groups is 1. The molecule has 1 aromatic rings. The van der Waals surface area contributed by atoms with Crippen LogP contribution in [0, 0.1) is 6.92 Å². The third kappa shape index (κ3) is 2.68. The highest BCUT2D eigenvalue weighted by atomic mass is 32.1. The third-order valence-corrected chi connectivity index (χ3v) is 1.61. The van der Waals surface area contributed by atoms with Gasteiger partial charge in [0.1, 0.15) is 0 Å². The fourth-order valence-corrected chi connectivity index (χ4v) is 1.19. The zero-order valence-corrected chi connectivity index (χ0v) is 7.32. The predicted molar refractivity (Wildman–Crippen MR) is 51.7 cm³/mol. The molecule has 0 spiro atoms. The largest absolute Gasteiger partial charge is 0.393 e. The smallest absolute Gasteiger partial charge is 0.0771 e. The molecule has 0 aromatic heterocycles. The summed E-state index contributed by atoms with van der Waals surface area (Å²) in [6.07, 6.45) is 0.705. The van der Waals surface area contributed by atoms with Crippen LogP contribution in [0.3, 0.4) is 0 Å². The van der Waals surface area contributed by atoms with Crippen LogP contribution in [0.5, 0.6) is 0 Å². The van der Waals surface area contributed by atoms with Gasteiger partial charge in [-0.3, -0.25) is 0 Å². The molecular formula is C9H11NS. The molecule has 0 aliphatic rings. The Hall–Kier alpha value is -0.890. The van der Waals surface area contributed by atoms with Crippen LogP contribution < -0.4 is 5.73 Å². The summed E-state index contributed by atoms with van der Waals surface area (Å²) < 4.78 is 0. The third-order valence-electron chi connectivity index (χ3n) is 1.46. The number of nitrogens with two attached hydrogens (primary N) is 1. The lowest BCUT2D eigenvalue weighted by molar-refractivity contribution is 1.30. The first-order valence-corrected chi connectivity index (χ1v) is 3.93. The van der Waals surface area contributed by atoms with Crippen LogP contribution in [0.1, 0.15) is 11.1 Å². The SMILES string of the molecule is Cc1cccc(CC(N)=S)c1. The summed E-state index contributed by atoms with van der Waals surface area (Å²) >= 11 is 4.80. The number of rotatable bonds is 2. The Balaban J connectivity index is 2.79. The van der Waals surface area contributed by atoms with E-state index in [1.807, 2.05) is 12.1 Å². The average Bonchev–Trinajstić information content (AvgIpc) is 1.85. The molecule has 1 nitrogen and oxygen atoms in total. The Labute approximate surface area is 72.2 Å². The summed E-state index contributed by atoms with van der Waals surface area (Å²) in [5, 5.41) is 0. The summed E-state index contributed by atoms with van der Waals surface area (Å²) in [7, 11) is 0. The average molecular weight is 165 g/mol. The molecule has 0 heterocycles. The minimum atomic E-state index is 0.551. The molecule has 0 aliphatic heterocycles. The van der Waals surface area contributed by atoms with E-state index in [-0.39, 0.29) is 0 Å². The van der Waals surface area contributed by atoms with Crippen LogP contribution in [-0.4, -0.2) is 4.99 Å². The molecule has 11 heavy (non-hydrogen) atoms. The maximum atomic E-state index is 5.41. The Morgan fingerprint density at radius 1 is 1.55 bits per heavy atom. The first kappa shape index (κ1) is 8.21. The number of hydrogen-bond acceptors (Lipinski definition) is 1. The van der Waals surface area contributed by atoms with Gasteiger partial charge in [-0.15, -0.1) is 0 Å². The molecule has 0 saturated carbocycles. The van der Waals surface area contributed by atoms with Crippen molar-refractivity contribution >= 4 is 17.2 Å². The molecule has 0 amide bonds. The van der Waals surface area contributed by atoms with Gasteiger partial charge in [-0.05, 0) is 12.5 Å². The molecule has 0 fully saturated rings. The van der Waals surface area contributed by atoms with Crippen LogP contribution in [0.15, 0.2) is 24.3 Å². The summed E-state index contributed by atoms with van der Waals surface area (Å²) in [5.41, 5.74) is 7.85. The summed E-state index contributed by atoms with van der Waals surface area (Å²) in [4.78, 5) is 0.551. The van der Waals surface area contributed by atoms with Gasteiger partial charge < -0.3 is 5.73 Å². The van der Waals surface area contributed by atoms with Gasteiger partial charge in [-0.25, -0.2) is 0 Å². The molecule has 0 bridgehead atoms. The number of aryl methyl sites for hydroxylation is 1. The Morgan fingerprint density at radius 2 is 2.27 bits per heavy atom. The van der Waals surface area contributed by atoms with Crippen molar-refractivity contribution in [2.75, 3.05) is 0 Å². The molecule has 1 rings (SSSR count). The normalized spacial score (nSPS) is 9.55. The van der Waals surface area contributed by atoms with Crippen molar-refractivity contribution < 1.29 is 0 Å². The van der Waals surface area contributed by atoms with E-state index in [2.05, 4.69) is 19.1 Å². The topological polar surface area (TPSA) is 26.0 Å². The molecule has 1 aromatic carbocycles. The lowest BCUT2D eigenvalue weighted by Gasteiger charge is -1.99. The van der Waals surface area contributed by atoms with Gasteiger partial charge >= 0.3 is 0 Å². The van der Waals surface area contributed by atoms with Crippen molar-refractivity contribution in [3.05, 3.63) is 35.4 Å². The minimum absolute atomic E-state index is 0.551. The second-order valence-corrected chi connectivity index (χ2v) is 3.16. The fourth-order valence-electron chi connectivity index (χ4n) is 1.02. The van der Waals surface area contributed by atoms with Gasteiger partial charge in [0.2, 0.25) is 0 Å². The molecule has 0 radical (unpaired) electrons. The van der Waals surface area contributed by atoms with Crippen molar-refractivity contribution in [3.63, 3.8) is 0 Å². The predicted octanol–water partition coefficient (Wildman–Crippen LogP) is 1.82. The van der Waals surface area contributed by atoms with E-state index in [0.29, 0.717) is 11.4 Å². The van der Waals surface area contributed by atoms with Crippen molar-refractivity contribution in [1.82, 2.24) is 0 Å². The van der Waals surface area contributed by atoms with Crippen LogP contribution in [0.2, 0.25) is 0 Å². The van der Waals surface area contributed by atoms with Crippen molar-refractivity contribution in [2.24, 2.45) is 5.73 Å². The van der Waals surface area contributed by atoms with Crippen LogP contribution in [0.4, 0.5) is 0 Å². The lowest BCUT2D eigenvalue weighted by atomic mass is 10.1. The van der Waals surface area contributed by atoms with Gasteiger partial charge in [0.25, 0.3) is 0 Å². The maximum absolute atomic E-state index is 5.41. The first-order valence-electron chi connectivity index (χ1n) is 3.52. The highest BCUT2D eigenvalue weighted by Gasteiger charge is 1.93. The second-order valence-electron chi connectivity index (χ2n) is 2.63. The quantitative estimate of drug-likeness (QED) is 0.676. The second kappa shape index (κ2) is 3.49. The molecule has 0 saturated heterocycles. The Kier molecular flexibility index (Phi) is 2.60. The van der Waals surface area contributed by atoms with Crippen LogP contribution >= 0.6 is 12.2 Å². The Bertz CT molecular complexity index is 268. The van der Waals surface area contributed by atoms with Crippen LogP contribution in [0.25, 0.3) is 0 Å². The zero-order valence-electron chi connectivity index (χ0n) is 6.50. The fraction of sp³-hybridized carbons (Fsp3) is 0.222. The highest BCUT2D eigenvalue weighted by molar-refractivity contribution is 7.80. The summed E-state index contributed by atoms with van der Waals surface area (Å²) in [6, 6.07) is 8.21. The summed E-state index contributed by atoms with van der Waals surface area (Å²) in [6.45, 7) is 2.06. The maximum Gasteiger partial charge on any atom is 0.0771 e. The van der Waals surface area contributed by atoms with Crippen LogP contribution in [-0.2, 0) is 6.42 Å². The van der Waals surface area contributed by atoms with E-state index in [9.17, 15) is 0 Å². The van der Waals surface area contributed by atoms with Crippen molar-refractivity contribution in [1.29, 1.82) is 0 Å². The minimum Gasteiger partial charge on any atom is -0.393 e. The monoisotopic (exact) mass is 165 g/mol. The first-order chi connectivity index (χ1) is 5.18. The molecule has 0 unspecified atom stereocenters. The molecule has 58 valence electrons. The van der Waals surface area contributed by atoms with Gasteiger partial charge in [0.15, 0.2) is 0 Å². The van der Waals surface area contributed by atoms with Gasteiger partial charge in [0.05, 0.1) is 4.99 Å². The van der Waals surface area contributed by atoms with Gasteiger partial charge in [-0.2, -0.15) is 0 Å². The summed E-state index contributed by atoms with van der Waals surface area (Å²) in [5.74, 6) is 0. The van der Waals surface area contributed by atoms with E-state index in [1.54, 1.807) is 0 Å². The van der Waals surface area contributed by atoms with Gasteiger partial charge in [-0.1, -0.05) is 42.0 Å². The molecule has 2 N–H and O–H groups in total. The van der Waals surface area contributed by atoms with Gasteiger partial charge in [0, 0.05) is 6.42 Å². The standard InChI is InChI=1S/C9H11NS/c1-7-3-2-4-8(5-7)6-9(10)11/h2-5H,6H2,1H3,(H2,10,11). The molecule has 0 atom stereocenters. The number of hydrogen-bond donors (Lipinski definition) is 1. The van der Waals surface area contributed by atoms with E-state index >= 15 is 0 Å². The highest BCUT2D eigenvalue weighted by Crippen LogP contribution is 2.04. The van der Waals surface area contributed by atoms with Crippen molar-refractivity contribution in [2.45, 2.75) is 13.3 Å².